The average molecular weight is 635 g/mol. The van der Waals surface area contributed by atoms with Crippen LogP contribution in [-0.4, -0.2) is 90.5 Å². The molecule has 0 spiro atoms. The van der Waals surface area contributed by atoms with Gasteiger partial charge in [0.25, 0.3) is 0 Å². The molecule has 13 nitrogen and oxygen atoms in total. The molecule has 5 rings (SSSR count). The number of aromatic nitrogens is 4. The van der Waals surface area contributed by atoms with Crippen LogP contribution in [-0.2, 0) is 17.6 Å². The third-order valence-electron chi connectivity index (χ3n) is 7.31. The van der Waals surface area contributed by atoms with Crippen molar-refractivity contribution >= 4 is 11.7 Å². The highest BCUT2D eigenvalue weighted by atomic mass is 16.7. The van der Waals surface area contributed by atoms with Crippen molar-refractivity contribution < 1.29 is 34.7 Å². The van der Waals surface area contributed by atoms with Gasteiger partial charge in [-0.15, -0.1) is 5.10 Å². The third kappa shape index (κ3) is 9.55. The van der Waals surface area contributed by atoms with Crippen LogP contribution in [0.4, 0.5) is 10.5 Å². The summed E-state index contributed by atoms with van der Waals surface area (Å²) in [6.07, 6.45) is -0.642. The number of pyridine rings is 2. The van der Waals surface area contributed by atoms with Crippen molar-refractivity contribution in [2.24, 2.45) is 0 Å². The van der Waals surface area contributed by atoms with Crippen LogP contribution in [0.5, 0.6) is 5.88 Å². The number of hydrogen-bond donors (Lipinski definition) is 7. The Bertz CT molecular complexity index is 1490. The molecule has 1 fully saturated rings. The number of aliphatic hydroxyl groups excluding tert-OH is 4. The van der Waals surface area contributed by atoms with E-state index in [-0.39, 0.29) is 17.8 Å². The van der Waals surface area contributed by atoms with Crippen molar-refractivity contribution in [3.05, 3.63) is 101 Å². The predicted octanol–water partition coefficient (Wildman–Crippen LogP) is 2.45. The van der Waals surface area contributed by atoms with Crippen LogP contribution in [0.25, 0.3) is 0 Å². The Morgan fingerprint density at radius 2 is 1.80 bits per heavy atom. The van der Waals surface area contributed by atoms with E-state index in [0.29, 0.717) is 25.1 Å². The molecule has 46 heavy (non-hydrogen) atoms. The number of nitrogens with one attached hydrogen (secondary N) is 3. The first-order valence-corrected chi connectivity index (χ1v) is 15.1. The molecule has 1 aliphatic heterocycles. The summed E-state index contributed by atoms with van der Waals surface area (Å²) >= 11 is 0. The fourth-order valence-electron chi connectivity index (χ4n) is 4.77. The molecule has 0 unspecified atom stereocenters. The van der Waals surface area contributed by atoms with Crippen LogP contribution in [0.15, 0.2) is 73.2 Å². The van der Waals surface area contributed by atoms with Gasteiger partial charge in [0.05, 0.1) is 6.61 Å². The normalized spacial score (nSPS) is 20.8. The van der Waals surface area contributed by atoms with Gasteiger partial charge < -0.3 is 40.5 Å². The lowest BCUT2D eigenvalue weighted by molar-refractivity contribution is -0.278. The van der Waals surface area contributed by atoms with Gasteiger partial charge in [0.2, 0.25) is 12.2 Å². The van der Waals surface area contributed by atoms with Crippen LogP contribution in [0.3, 0.4) is 0 Å². The Morgan fingerprint density at radius 3 is 2.41 bits per heavy atom. The van der Waals surface area contributed by atoms with Gasteiger partial charge in [0.15, 0.2) is 0 Å². The van der Waals surface area contributed by atoms with E-state index < -0.39 is 37.3 Å². The highest BCUT2D eigenvalue weighted by molar-refractivity contribution is 5.89. The number of urea groups is 1. The van der Waals surface area contributed by atoms with Crippen LogP contribution < -0.4 is 15.4 Å². The number of amides is 2. The summed E-state index contributed by atoms with van der Waals surface area (Å²) in [4.78, 5) is 20.4. The van der Waals surface area contributed by atoms with Crippen LogP contribution in [0.1, 0.15) is 47.8 Å². The lowest BCUT2D eigenvalue weighted by Crippen LogP contribution is -2.60. The standard InChI is InChI=1S/C27H35N5O7.C6H7N/c1-15(2)21-19(25(32-31-21)39-26-24(36)23(35)22(34)20(14-33)38-26)13-16-6-8-18(9-7-16)30-27(37)29-12-10-17-5-3-4-11-28-17;1-6-3-2-4-7-5-6/h3-9,11,15,20,22-24,26,33-36H,10,12-14H2,1-2H3,(H,31,32)(H2,29,30,37);2-5H,1H3/t20-,22-,23+,24-,26+;/m1./s1. The first kappa shape index (κ1) is 34.5. The Hall–Kier alpha value is -4.40. The Kier molecular flexibility index (Phi) is 12.6. The number of ether oxygens (including phenoxy) is 2. The number of benzene rings is 1. The fourth-order valence-corrected chi connectivity index (χ4v) is 4.77. The first-order chi connectivity index (χ1) is 22.2. The highest BCUT2D eigenvalue weighted by Crippen LogP contribution is 2.31. The van der Waals surface area contributed by atoms with Gasteiger partial charge in [-0.3, -0.25) is 15.1 Å². The van der Waals surface area contributed by atoms with Gasteiger partial charge in [-0.1, -0.05) is 38.1 Å². The third-order valence-corrected chi connectivity index (χ3v) is 7.31. The summed E-state index contributed by atoms with van der Waals surface area (Å²) in [5, 5.41) is 52.8. The Labute approximate surface area is 267 Å². The predicted molar refractivity (Wildman–Crippen MR) is 170 cm³/mol. The van der Waals surface area contributed by atoms with Crippen molar-refractivity contribution in [1.29, 1.82) is 0 Å². The summed E-state index contributed by atoms with van der Waals surface area (Å²) in [5.41, 5.74) is 5.21. The van der Waals surface area contributed by atoms with Crippen molar-refractivity contribution in [2.45, 2.75) is 70.2 Å². The van der Waals surface area contributed by atoms with Gasteiger partial charge in [0.1, 0.15) is 24.4 Å². The molecule has 5 atom stereocenters. The number of carbonyl (C=O) groups excluding carboxylic acids is 1. The number of H-pyrrole nitrogens is 1. The fraction of sp³-hybridized carbons (Fsp3) is 0.394. The van der Waals surface area contributed by atoms with Crippen LogP contribution in [0.2, 0.25) is 0 Å². The molecular weight excluding hydrogens is 592 g/mol. The quantitative estimate of drug-likeness (QED) is 0.136. The van der Waals surface area contributed by atoms with E-state index in [0.717, 1.165) is 22.5 Å². The van der Waals surface area contributed by atoms with E-state index in [1.807, 2.05) is 69.4 Å². The maximum atomic E-state index is 12.3. The van der Waals surface area contributed by atoms with E-state index in [9.17, 15) is 25.2 Å². The molecule has 1 saturated heterocycles. The molecule has 0 saturated carbocycles. The van der Waals surface area contributed by atoms with Crippen molar-refractivity contribution in [1.82, 2.24) is 25.5 Å². The minimum atomic E-state index is -1.56. The molecule has 0 radical (unpaired) electrons. The second-order valence-electron chi connectivity index (χ2n) is 11.2. The topological polar surface area (TPSA) is 195 Å². The SMILES string of the molecule is CC(C)c1[nH]nc(O[C@@H]2O[C@H](CO)[C@@H](O)[C@H](O)[C@H]2O)c1Cc1ccc(NC(=O)NCCc2ccccn2)cc1.Cc1cccnc1. The number of nitrogens with zero attached hydrogens (tertiary/aromatic N) is 3. The molecule has 2 amide bonds. The summed E-state index contributed by atoms with van der Waals surface area (Å²) < 4.78 is 11.3. The van der Waals surface area contributed by atoms with Gasteiger partial charge in [0, 0.05) is 60.6 Å². The first-order valence-electron chi connectivity index (χ1n) is 15.1. The van der Waals surface area contributed by atoms with Crippen molar-refractivity contribution in [3.63, 3.8) is 0 Å². The molecule has 13 heteroatoms. The van der Waals surface area contributed by atoms with E-state index in [4.69, 9.17) is 9.47 Å². The molecule has 3 aromatic heterocycles. The lowest BCUT2D eigenvalue weighted by Gasteiger charge is -2.39. The number of anilines is 1. The van der Waals surface area contributed by atoms with Gasteiger partial charge in [-0.05, 0) is 54.3 Å². The largest absolute Gasteiger partial charge is 0.443 e. The molecule has 0 aliphatic carbocycles. The highest BCUT2D eigenvalue weighted by Gasteiger charge is 2.45. The summed E-state index contributed by atoms with van der Waals surface area (Å²) in [5.74, 6) is 0.257. The van der Waals surface area contributed by atoms with E-state index >= 15 is 0 Å². The van der Waals surface area contributed by atoms with Gasteiger partial charge >= 0.3 is 6.03 Å². The zero-order valence-corrected chi connectivity index (χ0v) is 26.1. The Balaban J connectivity index is 0.000000606. The smallest absolute Gasteiger partial charge is 0.319 e. The maximum absolute atomic E-state index is 12.3. The average Bonchev–Trinajstić information content (AvgIpc) is 3.45. The number of aryl methyl sites for hydroxylation is 1. The molecule has 1 aromatic carbocycles. The zero-order valence-electron chi connectivity index (χ0n) is 26.1. The minimum absolute atomic E-state index is 0.0790. The number of aliphatic hydroxyl groups is 4. The second-order valence-corrected chi connectivity index (χ2v) is 11.2. The minimum Gasteiger partial charge on any atom is -0.443 e. The second kappa shape index (κ2) is 16.8. The molecule has 4 heterocycles. The summed E-state index contributed by atoms with van der Waals surface area (Å²) in [6, 6.07) is 16.6. The van der Waals surface area contributed by atoms with Gasteiger partial charge in [-0.2, -0.15) is 0 Å². The lowest BCUT2D eigenvalue weighted by atomic mass is 9.98. The number of hydrogen-bond acceptors (Lipinski definition) is 10. The van der Waals surface area contributed by atoms with Crippen LogP contribution >= 0.6 is 0 Å². The molecule has 246 valence electrons. The molecule has 0 bridgehead atoms. The molecular formula is C33H42N6O7. The Morgan fingerprint density at radius 1 is 1.02 bits per heavy atom. The molecule has 7 N–H and O–H groups in total. The maximum Gasteiger partial charge on any atom is 0.319 e. The number of rotatable bonds is 10. The monoisotopic (exact) mass is 634 g/mol. The van der Waals surface area contributed by atoms with Gasteiger partial charge in [-0.25, -0.2) is 4.79 Å². The van der Waals surface area contributed by atoms with E-state index in [2.05, 4.69) is 30.8 Å². The summed E-state index contributed by atoms with van der Waals surface area (Å²) in [6.45, 7) is 5.91. The number of carbonyl (C=O) groups is 1. The number of aromatic amines is 1. The van der Waals surface area contributed by atoms with Crippen molar-refractivity contribution in [2.75, 3.05) is 18.5 Å². The molecule has 4 aromatic rings. The summed E-state index contributed by atoms with van der Waals surface area (Å²) in [7, 11) is 0. The van der Waals surface area contributed by atoms with E-state index in [1.165, 1.54) is 5.56 Å². The van der Waals surface area contributed by atoms with Crippen LogP contribution in [0, 0.1) is 6.92 Å². The zero-order chi connectivity index (χ0) is 33.1. The molecule has 1 aliphatic rings. The van der Waals surface area contributed by atoms with E-state index in [1.54, 1.807) is 24.5 Å². The van der Waals surface area contributed by atoms with Crippen molar-refractivity contribution in [3.8, 4) is 5.88 Å².